The fourth-order valence-corrected chi connectivity index (χ4v) is 4.59. The summed E-state index contributed by atoms with van der Waals surface area (Å²) in [7, 11) is 0. The van der Waals surface area contributed by atoms with Crippen molar-refractivity contribution in [2.24, 2.45) is 0 Å². The van der Waals surface area contributed by atoms with Gasteiger partial charge in [0.1, 0.15) is 12.7 Å². The summed E-state index contributed by atoms with van der Waals surface area (Å²) < 4.78 is 19.1. The van der Waals surface area contributed by atoms with Crippen LogP contribution in [0.4, 0.5) is 5.95 Å². The van der Waals surface area contributed by atoms with Crippen LogP contribution in [0.3, 0.4) is 0 Å². The third-order valence-corrected chi connectivity index (χ3v) is 6.56. The maximum Gasteiger partial charge on any atom is 0.232 e. The molecule has 1 atom stereocenters. The molecule has 3 heterocycles. The van der Waals surface area contributed by atoms with Crippen LogP contribution in [-0.2, 0) is 9.53 Å². The Morgan fingerprint density at radius 3 is 2.65 bits per heavy atom. The second-order valence-electron chi connectivity index (χ2n) is 8.14. The van der Waals surface area contributed by atoms with Crippen molar-refractivity contribution in [2.45, 2.75) is 18.2 Å². The van der Waals surface area contributed by atoms with E-state index in [4.69, 9.17) is 14.2 Å². The number of aryl methyl sites for hydroxylation is 1. The van der Waals surface area contributed by atoms with Gasteiger partial charge in [-0.2, -0.15) is 0 Å². The Morgan fingerprint density at radius 1 is 1.09 bits per heavy atom. The van der Waals surface area contributed by atoms with Crippen molar-refractivity contribution >= 4 is 23.6 Å². The number of ether oxygens (including phenoxy) is 3. The molecule has 0 spiro atoms. The molecule has 10 heteroatoms. The summed E-state index contributed by atoms with van der Waals surface area (Å²) in [6.07, 6.45) is -0.229. The van der Waals surface area contributed by atoms with Crippen LogP contribution in [0.1, 0.15) is 5.56 Å². The molecule has 0 unspecified atom stereocenters. The first-order valence-corrected chi connectivity index (χ1v) is 12.3. The highest BCUT2D eigenvalue weighted by atomic mass is 32.2. The highest BCUT2D eigenvalue weighted by Crippen LogP contribution is 2.31. The molecule has 2 aromatic carbocycles. The molecule has 34 heavy (non-hydrogen) atoms. The quantitative estimate of drug-likeness (QED) is 0.515. The Hall–Kier alpha value is -3.24. The molecule has 1 amide bonds. The summed E-state index contributed by atoms with van der Waals surface area (Å²) in [5, 5.41) is 12.5. The summed E-state index contributed by atoms with van der Waals surface area (Å²) in [4.78, 5) is 14.8. The number of nitrogens with zero attached hydrogens (tertiary/aromatic N) is 4. The summed E-state index contributed by atoms with van der Waals surface area (Å²) in [6, 6.07) is 15.7. The highest BCUT2D eigenvalue weighted by molar-refractivity contribution is 7.99. The lowest BCUT2D eigenvalue weighted by Gasteiger charge is -2.28. The number of carbonyl (C=O) groups excluding carboxylic acids is 1. The van der Waals surface area contributed by atoms with Gasteiger partial charge in [-0.1, -0.05) is 41.6 Å². The summed E-state index contributed by atoms with van der Waals surface area (Å²) in [5.41, 5.74) is 2.14. The van der Waals surface area contributed by atoms with Crippen molar-refractivity contribution in [1.82, 2.24) is 20.1 Å². The molecule has 178 valence electrons. The molecule has 0 aliphatic carbocycles. The van der Waals surface area contributed by atoms with Gasteiger partial charge in [0.25, 0.3) is 0 Å². The van der Waals surface area contributed by atoms with Gasteiger partial charge in [-0.15, -0.1) is 10.2 Å². The zero-order chi connectivity index (χ0) is 23.3. The van der Waals surface area contributed by atoms with Gasteiger partial charge in [0.2, 0.25) is 11.9 Å². The van der Waals surface area contributed by atoms with Crippen LogP contribution in [0.15, 0.2) is 53.7 Å². The molecule has 2 aliphatic rings. The molecule has 9 nitrogen and oxygen atoms in total. The van der Waals surface area contributed by atoms with E-state index in [0.29, 0.717) is 37.3 Å². The van der Waals surface area contributed by atoms with E-state index in [-0.39, 0.29) is 17.8 Å². The van der Waals surface area contributed by atoms with E-state index >= 15 is 0 Å². The molecule has 1 saturated heterocycles. The van der Waals surface area contributed by atoms with Gasteiger partial charge in [-0.3, -0.25) is 9.36 Å². The average molecular weight is 482 g/mol. The highest BCUT2D eigenvalue weighted by Gasteiger charge is 2.24. The normalized spacial score (nSPS) is 17.4. The third kappa shape index (κ3) is 5.13. The number of aromatic nitrogens is 3. The van der Waals surface area contributed by atoms with E-state index in [0.717, 1.165) is 30.5 Å². The number of amides is 1. The first kappa shape index (κ1) is 22.5. The van der Waals surface area contributed by atoms with Crippen molar-refractivity contribution < 1.29 is 19.0 Å². The van der Waals surface area contributed by atoms with Crippen LogP contribution in [0.5, 0.6) is 11.5 Å². The monoisotopic (exact) mass is 481 g/mol. The molecule has 1 N–H and O–H groups in total. The van der Waals surface area contributed by atoms with Gasteiger partial charge in [0.15, 0.2) is 16.7 Å². The van der Waals surface area contributed by atoms with Gasteiger partial charge in [0, 0.05) is 13.1 Å². The smallest absolute Gasteiger partial charge is 0.232 e. The first-order valence-electron chi connectivity index (χ1n) is 11.3. The van der Waals surface area contributed by atoms with E-state index in [1.165, 1.54) is 17.3 Å². The number of para-hydroxylation sites is 2. The number of nitrogens with one attached hydrogen (secondary N) is 1. The number of fused-ring (bicyclic) bond motifs is 1. The van der Waals surface area contributed by atoms with Crippen molar-refractivity contribution in [3.05, 3.63) is 54.1 Å². The largest absolute Gasteiger partial charge is 0.486 e. The Bertz CT molecular complexity index is 1130. The van der Waals surface area contributed by atoms with E-state index in [2.05, 4.69) is 39.5 Å². The third-order valence-electron chi connectivity index (χ3n) is 5.63. The summed E-state index contributed by atoms with van der Waals surface area (Å²) in [5.74, 6) is 2.31. The second kappa shape index (κ2) is 10.4. The molecule has 5 rings (SSSR count). The zero-order valence-corrected chi connectivity index (χ0v) is 19.8. The lowest BCUT2D eigenvalue weighted by molar-refractivity contribution is -0.119. The Morgan fingerprint density at radius 2 is 1.85 bits per heavy atom. The lowest BCUT2D eigenvalue weighted by atomic mass is 10.2. The fraction of sp³-hybridized carbons (Fsp3) is 0.375. The maximum absolute atomic E-state index is 12.6. The van der Waals surface area contributed by atoms with Gasteiger partial charge < -0.3 is 24.4 Å². The molecule has 0 saturated carbocycles. The van der Waals surface area contributed by atoms with Crippen LogP contribution in [0.25, 0.3) is 5.69 Å². The van der Waals surface area contributed by atoms with Crippen molar-refractivity contribution in [3.63, 3.8) is 0 Å². The van der Waals surface area contributed by atoms with E-state index in [1.807, 2.05) is 41.0 Å². The minimum atomic E-state index is -0.229. The van der Waals surface area contributed by atoms with Crippen LogP contribution < -0.4 is 19.7 Å². The SMILES string of the molecule is Cc1ccc(-n2c(SCC(=O)NC[C@H]3COc4ccccc4O3)nnc2N2CCOCC2)cc1. The van der Waals surface area contributed by atoms with Gasteiger partial charge in [-0.05, 0) is 31.2 Å². The number of thioether (sulfide) groups is 1. The number of hydrogen-bond donors (Lipinski definition) is 1. The van der Waals surface area contributed by atoms with Crippen LogP contribution in [0, 0.1) is 6.92 Å². The van der Waals surface area contributed by atoms with Crippen LogP contribution in [0.2, 0.25) is 0 Å². The first-order chi connectivity index (χ1) is 16.7. The average Bonchev–Trinajstić information content (AvgIpc) is 3.31. The molecule has 0 bridgehead atoms. The van der Waals surface area contributed by atoms with Crippen molar-refractivity contribution in [2.75, 3.05) is 50.1 Å². The standard InChI is InChI=1S/C24H27N5O4S/c1-17-6-8-18(9-7-17)29-23(28-10-12-31-13-11-28)26-27-24(29)34-16-22(30)25-14-19-15-32-20-4-2-3-5-21(20)33-19/h2-9,19H,10-16H2,1H3,(H,25,30)/t19-/m0/s1. The molecular formula is C24H27N5O4S. The van der Waals surface area contributed by atoms with E-state index < -0.39 is 0 Å². The molecular weight excluding hydrogens is 454 g/mol. The predicted molar refractivity (Wildman–Crippen MR) is 129 cm³/mol. The Balaban J connectivity index is 1.23. The predicted octanol–water partition coefficient (Wildman–Crippen LogP) is 2.46. The number of hydrogen-bond acceptors (Lipinski definition) is 8. The summed E-state index contributed by atoms with van der Waals surface area (Å²) in [6.45, 7) is 5.64. The van der Waals surface area contributed by atoms with Gasteiger partial charge >= 0.3 is 0 Å². The molecule has 1 fully saturated rings. The number of rotatable bonds is 7. The number of morpholine rings is 1. The molecule has 2 aliphatic heterocycles. The molecule has 0 radical (unpaired) electrons. The minimum absolute atomic E-state index is 0.0983. The fourth-order valence-electron chi connectivity index (χ4n) is 3.82. The van der Waals surface area contributed by atoms with Crippen LogP contribution in [-0.4, -0.2) is 72.0 Å². The zero-order valence-electron chi connectivity index (χ0n) is 19.0. The molecule has 3 aromatic rings. The van der Waals surface area contributed by atoms with Gasteiger partial charge in [0.05, 0.1) is 31.2 Å². The van der Waals surface area contributed by atoms with Crippen molar-refractivity contribution in [1.29, 1.82) is 0 Å². The van der Waals surface area contributed by atoms with Crippen molar-refractivity contribution in [3.8, 4) is 17.2 Å². The Labute approximate surface area is 202 Å². The van der Waals surface area contributed by atoms with Crippen LogP contribution >= 0.6 is 11.8 Å². The summed E-state index contributed by atoms with van der Waals surface area (Å²) >= 11 is 1.36. The maximum atomic E-state index is 12.6. The lowest BCUT2D eigenvalue weighted by Crippen LogP contribution is -2.41. The van der Waals surface area contributed by atoms with E-state index in [1.54, 1.807) is 0 Å². The molecule has 1 aromatic heterocycles. The van der Waals surface area contributed by atoms with Gasteiger partial charge in [-0.25, -0.2) is 0 Å². The number of carbonyl (C=O) groups is 1. The minimum Gasteiger partial charge on any atom is -0.486 e. The number of anilines is 1. The Kier molecular flexibility index (Phi) is 6.87. The van der Waals surface area contributed by atoms with E-state index in [9.17, 15) is 4.79 Å². The number of benzene rings is 2. The topological polar surface area (TPSA) is 90.7 Å². The second-order valence-corrected chi connectivity index (χ2v) is 9.09.